The molecule has 21 heavy (non-hydrogen) atoms. The van der Waals surface area contributed by atoms with Gasteiger partial charge in [-0.2, -0.15) is 0 Å². The van der Waals surface area contributed by atoms with E-state index in [4.69, 9.17) is 4.74 Å². The molecule has 1 aromatic heterocycles. The summed E-state index contributed by atoms with van der Waals surface area (Å²) in [5, 5.41) is 6.48. The van der Waals surface area contributed by atoms with Crippen LogP contribution in [0, 0.1) is 12.7 Å². The summed E-state index contributed by atoms with van der Waals surface area (Å²) in [6.45, 7) is 4.93. The Kier molecular flexibility index (Phi) is 5.70. The SMILES string of the molecule is CCCNC(Cc1csc(C)n1)c1ccc(OC)cc1F. The lowest BCUT2D eigenvalue weighted by atomic mass is 10.0. The first-order chi connectivity index (χ1) is 10.1. The van der Waals surface area contributed by atoms with Crippen molar-refractivity contribution in [3.8, 4) is 5.75 Å². The van der Waals surface area contributed by atoms with E-state index in [0.29, 0.717) is 17.7 Å². The molecular weight excluding hydrogens is 287 g/mol. The van der Waals surface area contributed by atoms with Gasteiger partial charge in [-0.25, -0.2) is 9.37 Å². The number of ether oxygens (including phenoxy) is 1. The van der Waals surface area contributed by atoms with E-state index in [9.17, 15) is 4.39 Å². The Morgan fingerprint density at radius 1 is 1.43 bits per heavy atom. The molecule has 1 N–H and O–H groups in total. The third kappa shape index (κ3) is 4.25. The number of nitrogens with one attached hydrogen (secondary N) is 1. The molecule has 1 aromatic carbocycles. The van der Waals surface area contributed by atoms with E-state index in [-0.39, 0.29) is 11.9 Å². The highest BCUT2D eigenvalue weighted by atomic mass is 32.1. The van der Waals surface area contributed by atoms with Crippen LogP contribution in [-0.4, -0.2) is 18.6 Å². The first kappa shape index (κ1) is 15.9. The van der Waals surface area contributed by atoms with Crippen LogP contribution in [0.2, 0.25) is 0 Å². The summed E-state index contributed by atoms with van der Waals surface area (Å²) in [4.78, 5) is 4.48. The molecule has 1 unspecified atom stereocenters. The van der Waals surface area contributed by atoms with Gasteiger partial charge in [0, 0.05) is 29.5 Å². The zero-order valence-electron chi connectivity index (χ0n) is 12.6. The highest BCUT2D eigenvalue weighted by molar-refractivity contribution is 7.09. The lowest BCUT2D eigenvalue weighted by Crippen LogP contribution is -2.25. The molecule has 3 nitrogen and oxygen atoms in total. The summed E-state index contributed by atoms with van der Waals surface area (Å²) < 4.78 is 19.3. The van der Waals surface area contributed by atoms with E-state index in [1.807, 2.05) is 12.3 Å². The maximum absolute atomic E-state index is 14.3. The fourth-order valence-corrected chi connectivity index (χ4v) is 2.86. The number of methoxy groups -OCH3 is 1. The number of rotatable bonds is 7. The summed E-state index contributed by atoms with van der Waals surface area (Å²) in [6, 6.07) is 4.95. The number of aryl methyl sites for hydroxylation is 1. The first-order valence-corrected chi connectivity index (χ1v) is 7.99. The van der Waals surface area contributed by atoms with Gasteiger partial charge in [-0.05, 0) is 26.0 Å². The molecule has 0 radical (unpaired) electrons. The van der Waals surface area contributed by atoms with Crippen LogP contribution in [0.5, 0.6) is 5.75 Å². The molecule has 0 aliphatic heterocycles. The molecule has 0 saturated heterocycles. The Bertz CT molecular complexity index is 585. The minimum atomic E-state index is -0.241. The van der Waals surface area contributed by atoms with E-state index in [2.05, 4.69) is 17.2 Å². The molecule has 0 aliphatic carbocycles. The van der Waals surface area contributed by atoms with Crippen molar-refractivity contribution >= 4 is 11.3 Å². The van der Waals surface area contributed by atoms with Gasteiger partial charge in [-0.15, -0.1) is 11.3 Å². The van der Waals surface area contributed by atoms with E-state index in [1.54, 1.807) is 30.6 Å². The van der Waals surface area contributed by atoms with Crippen molar-refractivity contribution in [1.29, 1.82) is 0 Å². The fourth-order valence-electron chi connectivity index (χ4n) is 2.24. The Hall–Kier alpha value is -1.46. The standard InChI is InChI=1S/C16H21FN2OS/c1-4-7-18-16(8-12-10-21-11(2)19-12)14-6-5-13(20-3)9-15(14)17/h5-6,9-10,16,18H,4,7-8H2,1-3H3. The van der Waals surface area contributed by atoms with Gasteiger partial charge in [-0.3, -0.25) is 0 Å². The van der Waals surface area contributed by atoms with Crippen molar-refractivity contribution < 1.29 is 9.13 Å². The zero-order valence-corrected chi connectivity index (χ0v) is 13.5. The minimum Gasteiger partial charge on any atom is -0.497 e. The van der Waals surface area contributed by atoms with Crippen molar-refractivity contribution in [2.75, 3.05) is 13.7 Å². The molecule has 0 amide bonds. The lowest BCUT2D eigenvalue weighted by Gasteiger charge is -2.19. The van der Waals surface area contributed by atoms with Gasteiger partial charge < -0.3 is 10.1 Å². The lowest BCUT2D eigenvalue weighted by molar-refractivity contribution is 0.408. The summed E-state index contributed by atoms with van der Waals surface area (Å²) in [5.41, 5.74) is 1.66. The second-order valence-corrected chi connectivity index (χ2v) is 6.02. The van der Waals surface area contributed by atoms with E-state index >= 15 is 0 Å². The molecule has 1 heterocycles. The van der Waals surface area contributed by atoms with Crippen LogP contribution >= 0.6 is 11.3 Å². The van der Waals surface area contributed by atoms with Crippen LogP contribution in [0.25, 0.3) is 0 Å². The molecule has 114 valence electrons. The quantitative estimate of drug-likeness (QED) is 0.843. The third-order valence-corrected chi connectivity index (χ3v) is 4.13. The van der Waals surface area contributed by atoms with Crippen LogP contribution < -0.4 is 10.1 Å². The predicted octanol–water partition coefficient (Wildman–Crippen LogP) is 3.88. The smallest absolute Gasteiger partial charge is 0.131 e. The summed E-state index contributed by atoms with van der Waals surface area (Å²) in [7, 11) is 1.54. The molecular formula is C16H21FN2OS. The molecule has 0 spiro atoms. The molecule has 2 rings (SSSR count). The first-order valence-electron chi connectivity index (χ1n) is 7.11. The summed E-state index contributed by atoms with van der Waals surface area (Å²) in [6.07, 6.45) is 1.69. The maximum Gasteiger partial charge on any atom is 0.131 e. The van der Waals surface area contributed by atoms with Gasteiger partial charge in [0.1, 0.15) is 11.6 Å². The normalized spacial score (nSPS) is 12.4. The van der Waals surface area contributed by atoms with Gasteiger partial charge in [-0.1, -0.05) is 13.0 Å². The van der Waals surface area contributed by atoms with Gasteiger partial charge in [0.2, 0.25) is 0 Å². The second kappa shape index (κ2) is 7.52. The number of hydrogen-bond acceptors (Lipinski definition) is 4. The van der Waals surface area contributed by atoms with Gasteiger partial charge in [0.05, 0.1) is 17.8 Å². The van der Waals surface area contributed by atoms with Gasteiger partial charge >= 0.3 is 0 Å². The van der Waals surface area contributed by atoms with Crippen LogP contribution in [0.1, 0.15) is 35.7 Å². The average Bonchev–Trinajstić information content (AvgIpc) is 2.88. The number of thiazole rings is 1. The fraction of sp³-hybridized carbons (Fsp3) is 0.438. The van der Waals surface area contributed by atoms with Crippen LogP contribution in [0.15, 0.2) is 23.6 Å². The maximum atomic E-state index is 14.3. The number of nitrogens with zero attached hydrogens (tertiary/aromatic N) is 1. The largest absolute Gasteiger partial charge is 0.497 e. The van der Waals surface area contributed by atoms with Crippen LogP contribution in [0.3, 0.4) is 0 Å². The molecule has 0 bridgehead atoms. The Balaban J connectivity index is 2.22. The van der Waals surface area contributed by atoms with E-state index in [1.165, 1.54) is 6.07 Å². The topological polar surface area (TPSA) is 34.2 Å². The van der Waals surface area contributed by atoms with Crippen molar-refractivity contribution in [3.63, 3.8) is 0 Å². The molecule has 0 fully saturated rings. The van der Waals surface area contributed by atoms with Crippen molar-refractivity contribution in [1.82, 2.24) is 10.3 Å². The van der Waals surface area contributed by atoms with E-state index in [0.717, 1.165) is 23.7 Å². The molecule has 5 heteroatoms. The van der Waals surface area contributed by atoms with Gasteiger partial charge in [0.15, 0.2) is 0 Å². The Morgan fingerprint density at radius 2 is 2.24 bits per heavy atom. The summed E-state index contributed by atoms with van der Waals surface area (Å²) >= 11 is 1.62. The molecule has 0 saturated carbocycles. The summed E-state index contributed by atoms with van der Waals surface area (Å²) in [5.74, 6) is 0.296. The Labute approximate surface area is 129 Å². The number of benzene rings is 1. The van der Waals surface area contributed by atoms with Crippen molar-refractivity contribution in [2.24, 2.45) is 0 Å². The average molecular weight is 308 g/mol. The van der Waals surface area contributed by atoms with Crippen LogP contribution in [0.4, 0.5) is 4.39 Å². The van der Waals surface area contributed by atoms with Crippen molar-refractivity contribution in [2.45, 2.75) is 32.7 Å². The highest BCUT2D eigenvalue weighted by Crippen LogP contribution is 2.25. The molecule has 2 aromatic rings. The van der Waals surface area contributed by atoms with E-state index < -0.39 is 0 Å². The molecule has 1 atom stereocenters. The third-order valence-electron chi connectivity index (χ3n) is 3.30. The number of halogens is 1. The molecule has 0 aliphatic rings. The van der Waals surface area contributed by atoms with Gasteiger partial charge in [0.25, 0.3) is 0 Å². The second-order valence-electron chi connectivity index (χ2n) is 4.96. The predicted molar refractivity (Wildman–Crippen MR) is 84.5 cm³/mol. The Morgan fingerprint density at radius 3 is 2.81 bits per heavy atom. The highest BCUT2D eigenvalue weighted by Gasteiger charge is 2.17. The number of aromatic nitrogens is 1. The zero-order chi connectivity index (χ0) is 15.2. The minimum absolute atomic E-state index is 0.0719. The monoisotopic (exact) mass is 308 g/mol. The van der Waals surface area contributed by atoms with Crippen LogP contribution in [-0.2, 0) is 6.42 Å². The van der Waals surface area contributed by atoms with Crippen molar-refractivity contribution in [3.05, 3.63) is 45.7 Å². The number of hydrogen-bond donors (Lipinski definition) is 1.